The molecule has 0 aliphatic heterocycles. The SMILES string of the molecule is CC(C)(C)NC(=O)[C@H](Cc1ccccc1)N(Cc1c(Cl)cccc1Cl)C(=O)CN(c1cc(Cl)ccc1Cl)S(=O)(=O)c1ccccc1. The summed E-state index contributed by atoms with van der Waals surface area (Å²) in [6, 6.07) is 25.1. The van der Waals surface area contributed by atoms with Crippen LogP contribution in [-0.4, -0.2) is 43.3 Å². The van der Waals surface area contributed by atoms with Crippen LogP contribution in [0.25, 0.3) is 0 Å². The lowest BCUT2D eigenvalue weighted by Gasteiger charge is -2.35. The summed E-state index contributed by atoms with van der Waals surface area (Å²) in [5.74, 6) is -1.14. The van der Waals surface area contributed by atoms with Gasteiger partial charge in [0.25, 0.3) is 10.0 Å². The molecule has 0 spiro atoms. The third-order valence-electron chi connectivity index (χ3n) is 6.95. The smallest absolute Gasteiger partial charge is 0.264 e. The minimum atomic E-state index is -4.35. The van der Waals surface area contributed by atoms with E-state index in [0.29, 0.717) is 5.56 Å². The van der Waals surface area contributed by atoms with E-state index in [9.17, 15) is 18.0 Å². The van der Waals surface area contributed by atoms with Crippen LogP contribution in [0.2, 0.25) is 20.1 Å². The first-order valence-electron chi connectivity index (χ1n) is 14.3. The van der Waals surface area contributed by atoms with Gasteiger partial charge in [0.15, 0.2) is 0 Å². The maximum Gasteiger partial charge on any atom is 0.264 e. The van der Waals surface area contributed by atoms with E-state index in [2.05, 4.69) is 5.32 Å². The van der Waals surface area contributed by atoms with Crippen LogP contribution < -0.4 is 9.62 Å². The third-order valence-corrected chi connectivity index (χ3v) is 9.98. The Morgan fingerprint density at radius 2 is 1.37 bits per heavy atom. The van der Waals surface area contributed by atoms with Gasteiger partial charge in [0.1, 0.15) is 12.6 Å². The summed E-state index contributed by atoms with van der Waals surface area (Å²) >= 11 is 25.9. The van der Waals surface area contributed by atoms with E-state index in [4.69, 9.17) is 46.4 Å². The van der Waals surface area contributed by atoms with Crippen LogP contribution in [0.1, 0.15) is 31.9 Å². The molecule has 2 amide bonds. The van der Waals surface area contributed by atoms with Crippen molar-refractivity contribution in [2.75, 3.05) is 10.8 Å². The van der Waals surface area contributed by atoms with E-state index in [0.717, 1.165) is 9.87 Å². The maximum atomic E-state index is 14.6. The van der Waals surface area contributed by atoms with Crippen molar-refractivity contribution in [1.29, 1.82) is 0 Å². The molecule has 0 aliphatic carbocycles. The second-order valence-electron chi connectivity index (χ2n) is 11.6. The standard InChI is InChI=1S/C34H33Cl4N3O4S/c1-34(2,3)39-33(43)31(19-23-11-6-4-7-12-23)40(21-26-27(36)15-10-16-28(26)37)32(42)22-41(30-20-24(35)17-18-29(30)38)46(44,45)25-13-8-5-9-14-25/h4-18,20,31H,19,21-22H2,1-3H3,(H,39,43)/t31-/m0/s1. The number of amides is 2. The largest absolute Gasteiger partial charge is 0.350 e. The Morgan fingerprint density at radius 3 is 1.96 bits per heavy atom. The molecule has 0 saturated carbocycles. The fourth-order valence-corrected chi connectivity index (χ4v) is 7.17. The first-order chi connectivity index (χ1) is 21.7. The summed E-state index contributed by atoms with van der Waals surface area (Å²) in [7, 11) is -4.35. The molecule has 0 radical (unpaired) electrons. The summed E-state index contributed by atoms with van der Waals surface area (Å²) in [6.45, 7) is 4.59. The highest BCUT2D eigenvalue weighted by Gasteiger charge is 2.36. The van der Waals surface area contributed by atoms with Crippen molar-refractivity contribution in [3.8, 4) is 0 Å². The highest BCUT2D eigenvalue weighted by atomic mass is 35.5. The number of nitrogens with zero attached hydrogens (tertiary/aromatic N) is 2. The zero-order valence-electron chi connectivity index (χ0n) is 25.4. The van der Waals surface area contributed by atoms with Gasteiger partial charge in [-0.25, -0.2) is 8.42 Å². The summed E-state index contributed by atoms with van der Waals surface area (Å²) in [5, 5.41) is 3.82. The van der Waals surface area contributed by atoms with Crippen LogP contribution in [0.3, 0.4) is 0 Å². The lowest BCUT2D eigenvalue weighted by atomic mass is 10.0. The number of hydrogen-bond donors (Lipinski definition) is 1. The lowest BCUT2D eigenvalue weighted by Crippen LogP contribution is -2.56. The van der Waals surface area contributed by atoms with Gasteiger partial charge in [-0.15, -0.1) is 0 Å². The minimum absolute atomic E-state index is 0.000785. The fraction of sp³-hybridized carbons (Fsp3) is 0.235. The van der Waals surface area contributed by atoms with Gasteiger partial charge in [-0.2, -0.15) is 0 Å². The van der Waals surface area contributed by atoms with Gasteiger partial charge in [-0.05, 0) is 68.8 Å². The summed E-state index contributed by atoms with van der Waals surface area (Å²) in [5.41, 5.74) is 0.547. The van der Waals surface area contributed by atoms with Crippen LogP contribution in [-0.2, 0) is 32.6 Å². The third kappa shape index (κ3) is 8.96. The predicted molar refractivity (Wildman–Crippen MR) is 186 cm³/mol. The Kier molecular flexibility index (Phi) is 11.7. The Morgan fingerprint density at radius 1 is 0.783 bits per heavy atom. The predicted octanol–water partition coefficient (Wildman–Crippen LogP) is 8.05. The minimum Gasteiger partial charge on any atom is -0.350 e. The average Bonchev–Trinajstić information content (AvgIpc) is 3.00. The molecule has 4 aromatic carbocycles. The number of halogens is 4. The lowest BCUT2D eigenvalue weighted by molar-refractivity contribution is -0.140. The van der Waals surface area contributed by atoms with Gasteiger partial charge in [0.05, 0.1) is 15.6 Å². The highest BCUT2D eigenvalue weighted by Crippen LogP contribution is 2.34. The highest BCUT2D eigenvalue weighted by molar-refractivity contribution is 7.92. The van der Waals surface area contributed by atoms with Crippen LogP contribution in [0, 0.1) is 0 Å². The summed E-state index contributed by atoms with van der Waals surface area (Å²) in [4.78, 5) is 29.9. The van der Waals surface area contributed by atoms with Gasteiger partial charge in [-0.3, -0.25) is 13.9 Å². The second kappa shape index (κ2) is 15.1. The normalized spacial score (nSPS) is 12.3. The molecule has 0 bridgehead atoms. The topological polar surface area (TPSA) is 86.8 Å². The van der Waals surface area contributed by atoms with E-state index >= 15 is 0 Å². The maximum absolute atomic E-state index is 14.6. The molecule has 4 rings (SSSR count). The molecule has 1 atom stereocenters. The molecule has 0 unspecified atom stereocenters. The molecule has 0 fully saturated rings. The number of anilines is 1. The second-order valence-corrected chi connectivity index (χ2v) is 15.1. The van der Waals surface area contributed by atoms with E-state index in [1.807, 2.05) is 51.1 Å². The van der Waals surface area contributed by atoms with Gasteiger partial charge in [0.2, 0.25) is 11.8 Å². The van der Waals surface area contributed by atoms with Gasteiger partial charge in [0, 0.05) is 39.1 Å². The van der Waals surface area contributed by atoms with Crippen molar-refractivity contribution in [2.45, 2.75) is 50.2 Å². The first-order valence-corrected chi connectivity index (χ1v) is 17.2. The Balaban J connectivity index is 1.88. The fourth-order valence-electron chi connectivity index (χ4n) is 4.77. The quantitative estimate of drug-likeness (QED) is 0.170. The molecule has 242 valence electrons. The Labute approximate surface area is 290 Å². The monoisotopic (exact) mass is 719 g/mol. The van der Waals surface area contributed by atoms with E-state index in [1.54, 1.807) is 36.4 Å². The molecule has 0 aliphatic rings. The zero-order chi connectivity index (χ0) is 33.6. The van der Waals surface area contributed by atoms with Crippen molar-refractivity contribution in [3.05, 3.63) is 128 Å². The van der Waals surface area contributed by atoms with E-state index in [1.165, 1.54) is 35.2 Å². The van der Waals surface area contributed by atoms with Crippen molar-refractivity contribution in [2.24, 2.45) is 0 Å². The number of carbonyl (C=O) groups is 2. The molecule has 0 saturated heterocycles. The molecule has 0 heterocycles. The molecule has 12 heteroatoms. The number of hydrogen-bond acceptors (Lipinski definition) is 4. The zero-order valence-corrected chi connectivity index (χ0v) is 29.2. The first kappa shape index (κ1) is 35.6. The summed E-state index contributed by atoms with van der Waals surface area (Å²) in [6.07, 6.45) is 0.125. The number of benzene rings is 4. The van der Waals surface area contributed by atoms with Crippen molar-refractivity contribution >= 4 is 73.9 Å². The van der Waals surface area contributed by atoms with Crippen LogP contribution in [0.4, 0.5) is 5.69 Å². The van der Waals surface area contributed by atoms with Crippen molar-refractivity contribution < 1.29 is 18.0 Å². The van der Waals surface area contributed by atoms with Crippen LogP contribution >= 0.6 is 46.4 Å². The van der Waals surface area contributed by atoms with E-state index < -0.39 is 40.0 Å². The molecule has 46 heavy (non-hydrogen) atoms. The molecular weight excluding hydrogens is 688 g/mol. The molecule has 0 aromatic heterocycles. The van der Waals surface area contributed by atoms with Gasteiger partial charge < -0.3 is 10.2 Å². The number of nitrogens with one attached hydrogen (secondary N) is 1. The molecule has 7 nitrogen and oxygen atoms in total. The number of carbonyl (C=O) groups excluding carboxylic acids is 2. The molecule has 1 N–H and O–H groups in total. The van der Waals surface area contributed by atoms with Crippen molar-refractivity contribution in [3.63, 3.8) is 0 Å². The van der Waals surface area contributed by atoms with E-state index in [-0.39, 0.29) is 43.6 Å². The van der Waals surface area contributed by atoms with Crippen LogP contribution in [0.5, 0.6) is 0 Å². The van der Waals surface area contributed by atoms with Gasteiger partial charge in [-0.1, -0.05) is 101 Å². The van der Waals surface area contributed by atoms with Crippen molar-refractivity contribution in [1.82, 2.24) is 10.2 Å². The Hall–Kier alpha value is -3.27. The number of rotatable bonds is 11. The number of sulfonamides is 1. The Bertz CT molecular complexity index is 1780. The summed E-state index contributed by atoms with van der Waals surface area (Å²) < 4.78 is 29.2. The molecule has 4 aromatic rings. The van der Waals surface area contributed by atoms with Crippen LogP contribution in [0.15, 0.2) is 102 Å². The average molecular weight is 722 g/mol. The molecular formula is C34H33Cl4N3O4S. The van der Waals surface area contributed by atoms with Gasteiger partial charge >= 0.3 is 0 Å².